The summed E-state index contributed by atoms with van der Waals surface area (Å²) in [5.41, 5.74) is 0.919. The molecule has 1 amide bonds. The lowest BCUT2D eigenvalue weighted by Gasteiger charge is -2.36. The molecule has 1 atom stereocenters. The number of carbonyl (C=O) groups is 1. The van der Waals surface area contributed by atoms with Gasteiger partial charge in [0.1, 0.15) is 23.8 Å². The average molecular weight is 660 g/mol. The number of hydrogen-bond donors (Lipinski definition) is 5. The van der Waals surface area contributed by atoms with Crippen molar-refractivity contribution in [1.82, 2.24) is 34.7 Å². The van der Waals surface area contributed by atoms with E-state index in [9.17, 15) is 24.5 Å². The van der Waals surface area contributed by atoms with Gasteiger partial charge in [-0.25, -0.2) is 34.1 Å². The minimum Gasteiger partial charge on any atom is -0.467 e. The number of alkyl halides is 1. The van der Waals surface area contributed by atoms with Gasteiger partial charge in [-0.3, -0.25) is 9.58 Å². The van der Waals surface area contributed by atoms with Crippen LogP contribution in [0, 0.1) is 0 Å². The molecule has 1 aliphatic carbocycles. The molecule has 4 aromatic heterocycles. The normalized spacial score (nSPS) is 17.3. The maximum absolute atomic E-state index is 13.2. The Balaban J connectivity index is 1.34. The van der Waals surface area contributed by atoms with Gasteiger partial charge in [-0.15, -0.1) is 0 Å². The van der Waals surface area contributed by atoms with Crippen LogP contribution in [0.3, 0.4) is 0 Å². The fourth-order valence-corrected chi connectivity index (χ4v) is 5.37. The first kappa shape index (κ1) is 32.8. The van der Waals surface area contributed by atoms with Crippen molar-refractivity contribution < 1.29 is 39.1 Å². The molecule has 0 aliphatic heterocycles. The van der Waals surface area contributed by atoms with Crippen LogP contribution in [-0.4, -0.2) is 93.4 Å². The highest BCUT2D eigenvalue weighted by Gasteiger charge is 2.34. The van der Waals surface area contributed by atoms with Crippen molar-refractivity contribution >= 4 is 29.5 Å². The van der Waals surface area contributed by atoms with Gasteiger partial charge in [0, 0.05) is 55.7 Å². The molecule has 1 saturated carbocycles. The van der Waals surface area contributed by atoms with Gasteiger partial charge in [0.25, 0.3) is 0 Å². The summed E-state index contributed by atoms with van der Waals surface area (Å²) in [6.45, 7) is -0.842. The molecule has 46 heavy (non-hydrogen) atoms. The number of amides is 1. The zero-order valence-corrected chi connectivity index (χ0v) is 25.4. The number of halogens is 2. The lowest BCUT2D eigenvalue weighted by Crippen LogP contribution is -2.45. The number of ether oxygens (including phenoxy) is 2. The predicted molar refractivity (Wildman–Crippen MR) is 160 cm³/mol. The van der Waals surface area contributed by atoms with Gasteiger partial charge in [-0.1, -0.05) is 11.6 Å². The molecule has 0 aromatic carbocycles. The Kier molecular flexibility index (Phi) is 9.88. The number of nitrogens with one attached hydrogen (secondary N) is 1. The summed E-state index contributed by atoms with van der Waals surface area (Å²) in [6.07, 6.45) is 5.96. The number of carbonyl (C=O) groups excluding carboxylic acids is 1. The van der Waals surface area contributed by atoms with Gasteiger partial charge < -0.3 is 35.2 Å². The van der Waals surface area contributed by atoms with Crippen molar-refractivity contribution in [2.45, 2.75) is 50.1 Å². The van der Waals surface area contributed by atoms with Crippen LogP contribution in [0.4, 0.5) is 21.0 Å². The highest BCUT2D eigenvalue weighted by molar-refractivity contribution is 6.32. The molecule has 16 nitrogen and oxygen atoms in total. The fraction of sp³-hybridized carbons (Fsp3) is 0.393. The van der Waals surface area contributed by atoms with Crippen LogP contribution in [0.5, 0.6) is 6.01 Å². The second-order valence-electron chi connectivity index (χ2n) is 10.5. The molecule has 244 valence electrons. The molecule has 5 N–H and O–H groups in total. The Morgan fingerprint density at radius 3 is 2.46 bits per heavy atom. The summed E-state index contributed by atoms with van der Waals surface area (Å²) in [5, 5.41) is 46.3. The molecule has 0 saturated heterocycles. The zero-order chi connectivity index (χ0) is 33.0. The summed E-state index contributed by atoms with van der Waals surface area (Å²) in [4.78, 5) is 35.6. The summed E-state index contributed by atoms with van der Waals surface area (Å²) in [6, 6.07) is 3.00. The predicted octanol–water partition coefficient (Wildman–Crippen LogP) is 2.13. The van der Waals surface area contributed by atoms with Crippen molar-refractivity contribution in [3.63, 3.8) is 0 Å². The SMILES string of the molecule is COc1ncc(-c2ccnc(N(C(=O)OCC(O)F)[C@H]3CC[C@H](Nc4ncc(C(O)(O)O)c(-c5nn(C)cc5Cl)n4)CC3)c2)cn1. The lowest BCUT2D eigenvalue weighted by atomic mass is 9.90. The molecule has 4 aromatic rings. The Hall–Kier alpha value is -4.55. The molecular weight excluding hydrogens is 629 g/mol. The monoisotopic (exact) mass is 659 g/mol. The van der Waals surface area contributed by atoms with Crippen LogP contribution in [0.2, 0.25) is 5.02 Å². The van der Waals surface area contributed by atoms with E-state index in [1.807, 2.05) is 0 Å². The number of pyridine rings is 1. The molecule has 1 unspecified atom stereocenters. The first-order chi connectivity index (χ1) is 21.9. The number of aliphatic hydroxyl groups excluding tert-OH is 1. The summed E-state index contributed by atoms with van der Waals surface area (Å²) in [7, 11) is 3.07. The lowest BCUT2D eigenvalue weighted by molar-refractivity contribution is -0.323. The molecular formula is C28H31ClFN9O7. The van der Waals surface area contributed by atoms with Crippen molar-refractivity contribution in [3.05, 3.63) is 53.7 Å². The minimum atomic E-state index is -3.24. The Bertz CT molecular complexity index is 1660. The molecule has 5 rings (SSSR count). The first-order valence-corrected chi connectivity index (χ1v) is 14.4. The topological polar surface area (TPSA) is 214 Å². The van der Waals surface area contributed by atoms with Gasteiger partial charge in [-0.05, 0) is 43.4 Å². The van der Waals surface area contributed by atoms with E-state index in [0.29, 0.717) is 36.8 Å². The second kappa shape index (κ2) is 13.8. The van der Waals surface area contributed by atoms with E-state index in [0.717, 1.165) is 6.20 Å². The maximum Gasteiger partial charge on any atom is 0.415 e. The number of rotatable bonds is 10. The van der Waals surface area contributed by atoms with Crippen LogP contribution in [0.25, 0.3) is 22.5 Å². The quantitative estimate of drug-likeness (QED) is 0.154. The fourth-order valence-electron chi connectivity index (χ4n) is 5.10. The molecule has 18 heteroatoms. The van der Waals surface area contributed by atoms with E-state index >= 15 is 0 Å². The number of aliphatic hydroxyl groups is 4. The number of anilines is 2. The van der Waals surface area contributed by atoms with E-state index in [1.165, 1.54) is 29.1 Å². The van der Waals surface area contributed by atoms with Crippen molar-refractivity contribution in [3.8, 4) is 28.5 Å². The zero-order valence-electron chi connectivity index (χ0n) is 24.7. The summed E-state index contributed by atoms with van der Waals surface area (Å²) >= 11 is 6.26. The second-order valence-corrected chi connectivity index (χ2v) is 10.9. The molecule has 0 radical (unpaired) electrons. The van der Waals surface area contributed by atoms with Crippen molar-refractivity contribution in [2.24, 2.45) is 7.05 Å². The van der Waals surface area contributed by atoms with Crippen LogP contribution in [-0.2, 0) is 17.8 Å². The first-order valence-electron chi connectivity index (χ1n) is 14.0. The van der Waals surface area contributed by atoms with Gasteiger partial charge in [0.2, 0.25) is 12.3 Å². The number of hydrogen-bond acceptors (Lipinski definition) is 14. The number of methoxy groups -OCH3 is 1. The summed E-state index contributed by atoms with van der Waals surface area (Å²) in [5.74, 6) is -2.87. The maximum atomic E-state index is 13.2. The Morgan fingerprint density at radius 2 is 1.85 bits per heavy atom. The largest absolute Gasteiger partial charge is 0.467 e. The van der Waals surface area contributed by atoms with Gasteiger partial charge in [-0.2, -0.15) is 5.10 Å². The molecule has 0 bridgehead atoms. The van der Waals surface area contributed by atoms with Crippen LogP contribution >= 0.6 is 11.6 Å². The van der Waals surface area contributed by atoms with Crippen LogP contribution < -0.4 is 15.0 Å². The standard InChI is InChI=1S/C28H31ClFN9O7/c1-38-13-20(29)24(37-38)23-19(28(42,43)44)12-32-25(36-23)35-17-3-5-18(6-4-17)39(27(41)46-14-21(30)40)22-9-15(7-8-31-22)16-10-33-26(45-2)34-11-16/h7-13,17-18,21,40,42-44H,3-6,14H2,1-2H3,(H,32,35,36)/t17-,18-,21?. The van der Waals surface area contributed by atoms with Crippen molar-refractivity contribution in [1.29, 1.82) is 0 Å². The number of aryl methyl sites for hydroxylation is 1. The van der Waals surface area contributed by atoms with E-state index in [2.05, 4.69) is 35.3 Å². The van der Waals surface area contributed by atoms with E-state index in [4.69, 9.17) is 26.2 Å². The third kappa shape index (κ3) is 7.63. The third-order valence-electron chi connectivity index (χ3n) is 7.23. The minimum absolute atomic E-state index is 0.0820. The molecule has 1 fully saturated rings. The van der Waals surface area contributed by atoms with Gasteiger partial charge in [0.15, 0.2) is 0 Å². The third-order valence-corrected chi connectivity index (χ3v) is 7.51. The Labute approximate surface area is 266 Å². The van der Waals surface area contributed by atoms with Crippen molar-refractivity contribution in [2.75, 3.05) is 23.9 Å². The highest BCUT2D eigenvalue weighted by atomic mass is 35.5. The van der Waals surface area contributed by atoms with Gasteiger partial charge >= 0.3 is 18.1 Å². The molecule has 4 heterocycles. The van der Waals surface area contributed by atoms with E-state index in [-0.39, 0.29) is 40.2 Å². The van der Waals surface area contributed by atoms with E-state index in [1.54, 1.807) is 31.6 Å². The highest BCUT2D eigenvalue weighted by Crippen LogP contribution is 2.34. The smallest absolute Gasteiger partial charge is 0.415 e. The van der Waals surface area contributed by atoms with E-state index < -0.39 is 36.6 Å². The van der Waals surface area contributed by atoms with Gasteiger partial charge in [0.05, 0.1) is 17.7 Å². The average Bonchev–Trinajstić information content (AvgIpc) is 3.38. The molecule has 1 aliphatic rings. The number of aromatic nitrogens is 7. The Morgan fingerprint density at radius 1 is 1.13 bits per heavy atom. The summed E-state index contributed by atoms with van der Waals surface area (Å²) < 4.78 is 24.6. The molecule has 0 spiro atoms. The van der Waals surface area contributed by atoms with Crippen LogP contribution in [0.1, 0.15) is 31.2 Å². The number of nitrogens with zero attached hydrogens (tertiary/aromatic N) is 8. The van der Waals surface area contributed by atoms with Crippen LogP contribution in [0.15, 0.2) is 43.1 Å².